The number of piperidine rings is 3. The molecule has 1 amide bonds. The van der Waals surface area contributed by atoms with Gasteiger partial charge in [0.2, 0.25) is 0 Å². The maximum atomic E-state index is 12.2. The molecular formula is C15H20N2O2. The van der Waals surface area contributed by atoms with Crippen LogP contribution in [-0.4, -0.2) is 41.6 Å². The summed E-state index contributed by atoms with van der Waals surface area (Å²) in [6.45, 7) is 5.16. The third-order valence-electron chi connectivity index (χ3n) is 4.37. The summed E-state index contributed by atoms with van der Waals surface area (Å²) in [5, 5.41) is 12.9. The molecule has 102 valence electrons. The second-order valence-electron chi connectivity index (χ2n) is 5.74. The molecule has 3 heterocycles. The minimum atomic E-state index is -0.156. The summed E-state index contributed by atoms with van der Waals surface area (Å²) in [5.74, 6) is 0.511. The van der Waals surface area contributed by atoms with Crippen LogP contribution in [0.2, 0.25) is 0 Å². The number of hydrogen-bond donors (Lipinski definition) is 2. The molecule has 1 unspecified atom stereocenters. The van der Waals surface area contributed by atoms with E-state index >= 15 is 0 Å². The van der Waals surface area contributed by atoms with Gasteiger partial charge in [-0.15, -0.1) is 0 Å². The van der Waals surface area contributed by atoms with Crippen molar-refractivity contribution in [2.24, 2.45) is 5.92 Å². The topological polar surface area (TPSA) is 52.6 Å². The lowest BCUT2D eigenvalue weighted by Crippen LogP contribution is -2.57. The molecule has 1 aromatic carbocycles. The highest BCUT2D eigenvalue weighted by Crippen LogP contribution is 2.28. The lowest BCUT2D eigenvalue weighted by molar-refractivity contribution is 0.0619. The summed E-state index contributed by atoms with van der Waals surface area (Å²) in [5.41, 5.74) is 1.33. The van der Waals surface area contributed by atoms with Gasteiger partial charge < -0.3 is 15.3 Å². The van der Waals surface area contributed by atoms with Crippen LogP contribution in [0.3, 0.4) is 0 Å². The van der Waals surface area contributed by atoms with E-state index in [0.29, 0.717) is 11.5 Å². The molecule has 0 saturated carbocycles. The number of aryl methyl sites for hydroxylation is 1. The molecule has 4 heteroatoms. The molecule has 19 heavy (non-hydrogen) atoms. The molecule has 3 fully saturated rings. The summed E-state index contributed by atoms with van der Waals surface area (Å²) >= 11 is 0. The molecular weight excluding hydrogens is 240 g/mol. The largest absolute Gasteiger partial charge is 0.507 e. The van der Waals surface area contributed by atoms with Gasteiger partial charge >= 0.3 is 0 Å². The summed E-state index contributed by atoms with van der Waals surface area (Å²) in [4.78, 5) is 14.6. The van der Waals surface area contributed by atoms with Crippen molar-refractivity contribution < 1.29 is 9.90 Å². The molecule has 0 aliphatic carbocycles. The van der Waals surface area contributed by atoms with Gasteiger partial charge in [0.05, 0.1) is 5.56 Å². The zero-order valence-electron chi connectivity index (χ0n) is 11.2. The van der Waals surface area contributed by atoms with Crippen LogP contribution in [0.1, 0.15) is 28.8 Å². The fraction of sp³-hybridized carbons (Fsp3) is 0.533. The number of amides is 1. The van der Waals surface area contributed by atoms with E-state index in [2.05, 4.69) is 10.2 Å². The van der Waals surface area contributed by atoms with Crippen molar-refractivity contribution in [3.05, 3.63) is 29.3 Å². The monoisotopic (exact) mass is 260 g/mol. The highest BCUT2D eigenvalue weighted by atomic mass is 16.3. The maximum Gasteiger partial charge on any atom is 0.255 e. The highest BCUT2D eigenvalue weighted by Gasteiger charge is 2.35. The van der Waals surface area contributed by atoms with Crippen LogP contribution in [0.25, 0.3) is 0 Å². The predicted octanol–water partition coefficient (Wildman–Crippen LogP) is 1.52. The van der Waals surface area contributed by atoms with E-state index in [1.165, 1.54) is 12.8 Å². The van der Waals surface area contributed by atoms with Crippen LogP contribution >= 0.6 is 0 Å². The molecule has 4 rings (SSSR count). The average Bonchev–Trinajstić information content (AvgIpc) is 2.39. The summed E-state index contributed by atoms with van der Waals surface area (Å²) in [6.07, 6.45) is 2.34. The lowest BCUT2D eigenvalue weighted by Gasteiger charge is -2.44. The van der Waals surface area contributed by atoms with Gasteiger partial charge in [0.1, 0.15) is 5.75 Å². The molecule has 0 radical (unpaired) electrons. The Morgan fingerprint density at radius 3 is 2.68 bits per heavy atom. The predicted molar refractivity (Wildman–Crippen MR) is 73.3 cm³/mol. The fourth-order valence-electron chi connectivity index (χ4n) is 3.21. The number of rotatable bonds is 2. The third kappa shape index (κ3) is 2.45. The molecule has 1 aromatic rings. The Labute approximate surface area is 113 Å². The fourth-order valence-corrected chi connectivity index (χ4v) is 3.21. The SMILES string of the molecule is Cc1ccc(C(=O)NC2CN3CCC2CC3)c(O)c1. The Morgan fingerprint density at radius 2 is 2.11 bits per heavy atom. The van der Waals surface area contributed by atoms with Gasteiger partial charge in [0.15, 0.2) is 0 Å². The van der Waals surface area contributed by atoms with Gasteiger partial charge in [0, 0.05) is 12.6 Å². The molecule has 0 spiro atoms. The van der Waals surface area contributed by atoms with E-state index in [1.807, 2.05) is 13.0 Å². The summed E-state index contributed by atoms with van der Waals surface area (Å²) < 4.78 is 0. The number of fused-ring (bicyclic) bond motifs is 3. The Hall–Kier alpha value is -1.55. The van der Waals surface area contributed by atoms with Gasteiger partial charge in [-0.25, -0.2) is 0 Å². The smallest absolute Gasteiger partial charge is 0.255 e. The Morgan fingerprint density at radius 1 is 1.37 bits per heavy atom. The number of nitrogens with one attached hydrogen (secondary N) is 1. The first-order chi connectivity index (χ1) is 9.13. The average molecular weight is 260 g/mol. The van der Waals surface area contributed by atoms with E-state index in [0.717, 1.165) is 25.2 Å². The third-order valence-corrected chi connectivity index (χ3v) is 4.37. The minimum absolute atomic E-state index is 0.0683. The van der Waals surface area contributed by atoms with Crippen LogP contribution in [0, 0.1) is 12.8 Å². The number of aromatic hydroxyl groups is 1. The Bertz CT molecular complexity index is 493. The number of carbonyl (C=O) groups excluding carboxylic acids is 1. The van der Waals surface area contributed by atoms with E-state index < -0.39 is 0 Å². The normalized spacial score (nSPS) is 29.2. The quantitative estimate of drug-likeness (QED) is 0.848. The lowest BCUT2D eigenvalue weighted by atomic mass is 9.84. The van der Waals surface area contributed by atoms with Crippen LogP contribution in [0.4, 0.5) is 0 Å². The Balaban J connectivity index is 1.71. The van der Waals surface area contributed by atoms with Crippen LogP contribution in [-0.2, 0) is 0 Å². The number of phenols is 1. The molecule has 3 aliphatic rings. The van der Waals surface area contributed by atoms with Crippen molar-refractivity contribution in [2.45, 2.75) is 25.8 Å². The zero-order chi connectivity index (χ0) is 13.4. The van der Waals surface area contributed by atoms with Crippen LogP contribution in [0.5, 0.6) is 5.75 Å². The van der Waals surface area contributed by atoms with E-state index in [1.54, 1.807) is 12.1 Å². The molecule has 3 saturated heterocycles. The van der Waals surface area contributed by atoms with Gasteiger partial charge in [-0.2, -0.15) is 0 Å². The van der Waals surface area contributed by atoms with Crippen molar-refractivity contribution >= 4 is 5.91 Å². The van der Waals surface area contributed by atoms with Gasteiger partial charge in [0.25, 0.3) is 5.91 Å². The number of benzene rings is 1. The van der Waals surface area contributed by atoms with Gasteiger partial charge in [-0.1, -0.05) is 6.07 Å². The second-order valence-corrected chi connectivity index (χ2v) is 5.74. The van der Waals surface area contributed by atoms with Gasteiger partial charge in [-0.3, -0.25) is 4.79 Å². The molecule has 0 aromatic heterocycles. The molecule has 2 bridgehead atoms. The van der Waals surface area contributed by atoms with E-state index in [4.69, 9.17) is 0 Å². The van der Waals surface area contributed by atoms with Gasteiger partial charge in [-0.05, 0) is 56.5 Å². The summed E-state index contributed by atoms with van der Waals surface area (Å²) in [7, 11) is 0. The van der Waals surface area contributed by atoms with Crippen molar-refractivity contribution in [3.8, 4) is 5.75 Å². The number of carbonyl (C=O) groups is 1. The molecule has 2 N–H and O–H groups in total. The molecule has 3 aliphatic heterocycles. The maximum absolute atomic E-state index is 12.2. The number of hydrogen-bond acceptors (Lipinski definition) is 3. The van der Waals surface area contributed by atoms with Crippen molar-refractivity contribution in [2.75, 3.05) is 19.6 Å². The van der Waals surface area contributed by atoms with E-state index in [9.17, 15) is 9.90 Å². The van der Waals surface area contributed by atoms with Crippen molar-refractivity contribution in [3.63, 3.8) is 0 Å². The first-order valence-corrected chi connectivity index (χ1v) is 6.96. The standard InChI is InChI=1S/C15H20N2O2/c1-10-2-3-12(14(18)8-10)15(19)16-13-9-17-6-4-11(13)5-7-17/h2-3,8,11,13,18H,4-7,9H2,1H3,(H,16,19). The van der Waals surface area contributed by atoms with E-state index in [-0.39, 0.29) is 17.7 Å². The number of nitrogens with zero attached hydrogens (tertiary/aromatic N) is 1. The van der Waals surface area contributed by atoms with Crippen LogP contribution < -0.4 is 5.32 Å². The summed E-state index contributed by atoms with van der Waals surface area (Å²) in [6, 6.07) is 5.41. The second kappa shape index (κ2) is 4.85. The highest BCUT2D eigenvalue weighted by molar-refractivity contribution is 5.97. The zero-order valence-corrected chi connectivity index (χ0v) is 11.2. The first-order valence-electron chi connectivity index (χ1n) is 6.96. The van der Waals surface area contributed by atoms with Crippen molar-refractivity contribution in [1.29, 1.82) is 0 Å². The Kier molecular flexibility index (Phi) is 3.19. The van der Waals surface area contributed by atoms with Crippen molar-refractivity contribution in [1.82, 2.24) is 10.2 Å². The molecule has 4 nitrogen and oxygen atoms in total. The minimum Gasteiger partial charge on any atom is -0.507 e. The first kappa shape index (κ1) is 12.5. The van der Waals surface area contributed by atoms with Crippen LogP contribution in [0.15, 0.2) is 18.2 Å². The molecule has 1 atom stereocenters. The number of phenolic OH excluding ortho intramolecular Hbond substituents is 1.